The second-order valence-corrected chi connectivity index (χ2v) is 8.40. The highest BCUT2D eigenvalue weighted by molar-refractivity contribution is 7.18. The van der Waals surface area contributed by atoms with Crippen molar-refractivity contribution in [1.82, 2.24) is 25.2 Å². The highest BCUT2D eigenvalue weighted by Crippen LogP contribution is 2.33. The Kier molecular flexibility index (Phi) is 4.53. The van der Waals surface area contributed by atoms with Crippen LogP contribution in [0.25, 0.3) is 10.2 Å². The molecular weight excluding hydrogens is 372 g/mol. The molecule has 136 valence electrons. The topological polar surface area (TPSA) is 103 Å². The van der Waals surface area contributed by atoms with Crippen LogP contribution in [0.4, 0.5) is 5.13 Å². The van der Waals surface area contributed by atoms with Crippen LogP contribution in [0.1, 0.15) is 48.2 Å². The Bertz CT molecular complexity index is 1040. The van der Waals surface area contributed by atoms with E-state index in [1.54, 1.807) is 18.3 Å². The number of carbonyl (C=O) groups is 1. The van der Waals surface area contributed by atoms with Crippen molar-refractivity contribution < 1.29 is 4.79 Å². The Labute approximate surface area is 157 Å². The smallest absolute Gasteiger partial charge is 0.279 e. The van der Waals surface area contributed by atoms with Crippen molar-refractivity contribution in [2.75, 3.05) is 5.32 Å². The van der Waals surface area contributed by atoms with Crippen LogP contribution in [0.2, 0.25) is 0 Å². The molecule has 0 radical (unpaired) electrons. The van der Waals surface area contributed by atoms with E-state index in [2.05, 4.69) is 25.8 Å². The van der Waals surface area contributed by atoms with Gasteiger partial charge in [0.05, 0.1) is 5.39 Å². The minimum atomic E-state index is -0.785. The molecule has 0 spiro atoms. The first-order valence-electron chi connectivity index (χ1n) is 8.61. The van der Waals surface area contributed by atoms with Gasteiger partial charge in [0.1, 0.15) is 11.0 Å². The Morgan fingerprint density at radius 2 is 2.04 bits per heavy atom. The maximum Gasteiger partial charge on any atom is 0.279 e. The van der Waals surface area contributed by atoms with Crippen molar-refractivity contribution in [1.29, 1.82) is 0 Å². The molecule has 3 aromatic rings. The van der Waals surface area contributed by atoms with Crippen LogP contribution in [-0.2, 0) is 24.1 Å². The summed E-state index contributed by atoms with van der Waals surface area (Å²) in [6.45, 7) is 3.61. The largest absolute Gasteiger partial charge is 0.299 e. The lowest BCUT2D eigenvalue weighted by Gasteiger charge is -2.13. The van der Waals surface area contributed by atoms with Gasteiger partial charge in [-0.1, -0.05) is 23.5 Å². The third kappa shape index (κ3) is 2.92. The molecule has 0 bridgehead atoms. The summed E-state index contributed by atoms with van der Waals surface area (Å²) in [7, 11) is 0. The molecule has 1 atom stereocenters. The van der Waals surface area contributed by atoms with E-state index in [0.29, 0.717) is 15.3 Å². The standard InChI is InChI=1S/C16H18N6O2S2/c1-3-11-18-20-16(26-11)17-13(23)8(2)22-15(24)12-9-6-4-5-7-10(9)25-14(12)19-21-22/h8H,3-7H2,1-2H3,(H,17,20,23). The number of hydrogen-bond acceptors (Lipinski definition) is 8. The van der Waals surface area contributed by atoms with E-state index in [1.165, 1.54) is 20.9 Å². The van der Waals surface area contributed by atoms with Gasteiger partial charge in [-0.05, 0) is 44.6 Å². The number of fused-ring (bicyclic) bond motifs is 3. The maximum atomic E-state index is 13.0. The average molecular weight is 390 g/mol. The van der Waals surface area contributed by atoms with Crippen LogP contribution in [-0.4, -0.2) is 31.1 Å². The molecule has 0 aromatic carbocycles. The van der Waals surface area contributed by atoms with Crippen molar-refractivity contribution in [3.8, 4) is 0 Å². The molecule has 1 unspecified atom stereocenters. The van der Waals surface area contributed by atoms with Crippen LogP contribution in [0.15, 0.2) is 4.79 Å². The molecule has 0 fully saturated rings. The summed E-state index contributed by atoms with van der Waals surface area (Å²) in [5.41, 5.74) is 0.845. The van der Waals surface area contributed by atoms with Crippen molar-refractivity contribution in [3.63, 3.8) is 0 Å². The van der Waals surface area contributed by atoms with Gasteiger partial charge in [-0.2, -0.15) is 4.68 Å². The van der Waals surface area contributed by atoms with E-state index in [0.717, 1.165) is 42.7 Å². The lowest BCUT2D eigenvalue weighted by molar-refractivity contribution is -0.119. The number of thiophene rings is 1. The van der Waals surface area contributed by atoms with Crippen molar-refractivity contribution in [3.05, 3.63) is 25.8 Å². The lowest BCUT2D eigenvalue weighted by Crippen LogP contribution is -2.34. The van der Waals surface area contributed by atoms with Gasteiger partial charge in [0.25, 0.3) is 11.5 Å². The lowest BCUT2D eigenvalue weighted by atomic mass is 9.97. The normalized spacial score (nSPS) is 15.0. The molecule has 4 rings (SSSR count). The van der Waals surface area contributed by atoms with Crippen molar-refractivity contribution in [2.24, 2.45) is 0 Å². The molecule has 10 heteroatoms. The van der Waals surface area contributed by atoms with E-state index in [1.807, 2.05) is 6.92 Å². The van der Waals surface area contributed by atoms with Crippen LogP contribution in [0.3, 0.4) is 0 Å². The zero-order valence-electron chi connectivity index (χ0n) is 14.5. The molecule has 3 heterocycles. The second kappa shape index (κ2) is 6.84. The summed E-state index contributed by atoms with van der Waals surface area (Å²) in [6, 6.07) is -0.785. The quantitative estimate of drug-likeness (QED) is 0.733. The van der Waals surface area contributed by atoms with Gasteiger partial charge < -0.3 is 0 Å². The van der Waals surface area contributed by atoms with Gasteiger partial charge >= 0.3 is 0 Å². The first-order chi connectivity index (χ1) is 12.6. The van der Waals surface area contributed by atoms with Gasteiger partial charge in [0.15, 0.2) is 4.83 Å². The first kappa shape index (κ1) is 17.2. The predicted octanol–water partition coefficient (Wildman–Crippen LogP) is 2.35. The van der Waals surface area contributed by atoms with Gasteiger partial charge in [0.2, 0.25) is 5.13 Å². The summed E-state index contributed by atoms with van der Waals surface area (Å²) in [5, 5.41) is 20.7. The SMILES string of the molecule is CCc1nnc(NC(=O)C(C)n2nnc3sc4c(c3c2=O)CCCC4)s1. The summed E-state index contributed by atoms with van der Waals surface area (Å²) in [6.07, 6.45) is 4.85. The van der Waals surface area contributed by atoms with Crippen LogP contribution < -0.4 is 10.9 Å². The Morgan fingerprint density at radius 3 is 2.81 bits per heavy atom. The van der Waals surface area contributed by atoms with Crippen LogP contribution in [0.5, 0.6) is 0 Å². The molecule has 1 N–H and O–H groups in total. The summed E-state index contributed by atoms with van der Waals surface area (Å²) < 4.78 is 1.17. The maximum absolute atomic E-state index is 13.0. The fourth-order valence-corrected chi connectivity index (χ4v) is 4.99. The molecule has 3 aromatic heterocycles. The summed E-state index contributed by atoms with van der Waals surface area (Å²) in [4.78, 5) is 27.4. The molecule has 0 saturated heterocycles. The van der Waals surface area contributed by atoms with Crippen molar-refractivity contribution in [2.45, 2.75) is 52.0 Å². The van der Waals surface area contributed by atoms with Crippen molar-refractivity contribution >= 4 is 43.9 Å². The number of amides is 1. The second-order valence-electron chi connectivity index (χ2n) is 6.25. The Morgan fingerprint density at radius 1 is 1.23 bits per heavy atom. The monoisotopic (exact) mass is 390 g/mol. The number of aromatic nitrogens is 5. The zero-order chi connectivity index (χ0) is 18.3. The van der Waals surface area contributed by atoms with Crippen LogP contribution >= 0.6 is 22.7 Å². The Balaban J connectivity index is 1.66. The molecule has 26 heavy (non-hydrogen) atoms. The Hall–Kier alpha value is -2.20. The fraction of sp³-hybridized carbons (Fsp3) is 0.500. The highest BCUT2D eigenvalue weighted by Gasteiger charge is 2.25. The number of hydrogen-bond donors (Lipinski definition) is 1. The number of nitrogens with zero attached hydrogens (tertiary/aromatic N) is 5. The molecule has 1 aliphatic carbocycles. The molecule has 1 amide bonds. The molecular formula is C16H18N6O2S2. The zero-order valence-corrected chi connectivity index (χ0v) is 16.1. The van der Waals surface area contributed by atoms with Gasteiger partial charge in [-0.25, -0.2) is 0 Å². The number of aryl methyl sites for hydroxylation is 3. The minimum absolute atomic E-state index is 0.247. The first-order valence-corrected chi connectivity index (χ1v) is 10.2. The summed E-state index contributed by atoms with van der Waals surface area (Å²) >= 11 is 2.87. The number of carbonyl (C=O) groups excluding carboxylic acids is 1. The predicted molar refractivity (Wildman–Crippen MR) is 101 cm³/mol. The minimum Gasteiger partial charge on any atom is -0.299 e. The summed E-state index contributed by atoms with van der Waals surface area (Å²) in [5.74, 6) is -0.358. The van der Waals surface area contributed by atoms with E-state index in [9.17, 15) is 9.59 Å². The van der Waals surface area contributed by atoms with Gasteiger partial charge in [0, 0.05) is 4.88 Å². The third-order valence-electron chi connectivity index (χ3n) is 4.55. The number of nitrogens with one attached hydrogen (secondary N) is 1. The van der Waals surface area contributed by atoms with E-state index in [-0.39, 0.29) is 11.5 Å². The number of rotatable bonds is 4. The average Bonchev–Trinajstić information content (AvgIpc) is 3.25. The van der Waals surface area contributed by atoms with E-state index >= 15 is 0 Å². The van der Waals surface area contributed by atoms with E-state index < -0.39 is 6.04 Å². The van der Waals surface area contributed by atoms with Gasteiger partial charge in [-0.15, -0.1) is 26.6 Å². The van der Waals surface area contributed by atoms with Crippen LogP contribution in [0, 0.1) is 0 Å². The fourth-order valence-electron chi connectivity index (χ4n) is 3.11. The van der Waals surface area contributed by atoms with E-state index in [4.69, 9.17) is 0 Å². The highest BCUT2D eigenvalue weighted by atomic mass is 32.1. The molecule has 0 saturated carbocycles. The van der Waals surface area contributed by atoms with Gasteiger partial charge in [-0.3, -0.25) is 14.9 Å². The molecule has 1 aliphatic rings. The molecule has 8 nitrogen and oxygen atoms in total. The molecule has 0 aliphatic heterocycles. The third-order valence-corrected chi connectivity index (χ3v) is 6.71. The number of anilines is 1.